The number of amides is 1. The van der Waals surface area contributed by atoms with E-state index in [-0.39, 0.29) is 5.91 Å². The average Bonchev–Trinajstić information content (AvgIpc) is 2.36. The highest BCUT2D eigenvalue weighted by Gasteiger charge is 2.02. The first-order chi connectivity index (χ1) is 8.68. The quantitative estimate of drug-likeness (QED) is 0.540. The number of hydrogen-bond donors (Lipinski definition) is 2. The number of quaternary nitrogens is 1. The molecule has 0 spiro atoms. The van der Waals surface area contributed by atoms with Gasteiger partial charge in [-0.1, -0.05) is 18.2 Å². The summed E-state index contributed by atoms with van der Waals surface area (Å²) >= 11 is 1.73. The van der Waals surface area contributed by atoms with Gasteiger partial charge in [0, 0.05) is 30.0 Å². The van der Waals surface area contributed by atoms with E-state index in [1.807, 2.05) is 18.2 Å². The van der Waals surface area contributed by atoms with E-state index in [9.17, 15) is 4.79 Å². The molecule has 0 aliphatic heterocycles. The van der Waals surface area contributed by atoms with Gasteiger partial charge in [-0.25, -0.2) is 0 Å². The first-order valence-electron chi connectivity index (χ1n) is 6.42. The van der Waals surface area contributed by atoms with Crippen LogP contribution in [0.5, 0.6) is 0 Å². The van der Waals surface area contributed by atoms with Gasteiger partial charge in [0.2, 0.25) is 5.91 Å². The molecule has 4 heteroatoms. The van der Waals surface area contributed by atoms with Crippen molar-refractivity contribution in [2.45, 2.75) is 17.7 Å². The summed E-state index contributed by atoms with van der Waals surface area (Å²) in [5.74, 6) is 1.00. The lowest BCUT2D eigenvalue weighted by molar-refractivity contribution is -0.858. The van der Waals surface area contributed by atoms with E-state index in [0.29, 0.717) is 6.42 Å². The van der Waals surface area contributed by atoms with Crippen molar-refractivity contribution in [3.63, 3.8) is 0 Å². The minimum atomic E-state index is 0.159. The van der Waals surface area contributed by atoms with E-state index in [4.69, 9.17) is 0 Å². The van der Waals surface area contributed by atoms with Gasteiger partial charge >= 0.3 is 0 Å². The highest BCUT2D eigenvalue weighted by Crippen LogP contribution is 2.17. The van der Waals surface area contributed by atoms with E-state index in [1.54, 1.807) is 11.8 Å². The lowest BCUT2D eigenvalue weighted by atomic mass is 10.4. The van der Waals surface area contributed by atoms with E-state index < -0.39 is 0 Å². The van der Waals surface area contributed by atoms with Gasteiger partial charge < -0.3 is 10.2 Å². The molecular formula is C14H23N2OS+. The second-order valence-corrected chi connectivity index (χ2v) is 5.74. The predicted molar refractivity (Wildman–Crippen MR) is 77.1 cm³/mol. The molecule has 0 fully saturated rings. The predicted octanol–water partition coefficient (Wildman–Crippen LogP) is 0.820. The highest BCUT2D eigenvalue weighted by molar-refractivity contribution is 7.99. The molecule has 0 heterocycles. The summed E-state index contributed by atoms with van der Waals surface area (Å²) in [6, 6.07) is 10.2. The minimum Gasteiger partial charge on any atom is -0.356 e. The number of nitrogens with one attached hydrogen (secondary N) is 2. The maximum Gasteiger partial charge on any atom is 0.220 e. The Bertz CT molecular complexity index is 341. The van der Waals surface area contributed by atoms with Crippen molar-refractivity contribution in [3.8, 4) is 0 Å². The molecule has 1 aromatic carbocycles. The van der Waals surface area contributed by atoms with Gasteiger partial charge in [-0.2, -0.15) is 0 Å². The van der Waals surface area contributed by atoms with Crippen LogP contribution in [0.4, 0.5) is 0 Å². The van der Waals surface area contributed by atoms with Crippen molar-refractivity contribution in [2.75, 3.05) is 32.9 Å². The Morgan fingerprint density at radius 1 is 1.28 bits per heavy atom. The fraction of sp³-hybridized carbons (Fsp3) is 0.500. The van der Waals surface area contributed by atoms with Gasteiger partial charge in [-0.3, -0.25) is 4.79 Å². The molecule has 0 bridgehead atoms. The summed E-state index contributed by atoms with van der Waals surface area (Å²) in [4.78, 5) is 14.2. The summed E-state index contributed by atoms with van der Waals surface area (Å²) in [7, 11) is 4.25. The monoisotopic (exact) mass is 267 g/mol. The van der Waals surface area contributed by atoms with E-state index >= 15 is 0 Å². The molecule has 0 aromatic heterocycles. The van der Waals surface area contributed by atoms with E-state index in [2.05, 4.69) is 31.5 Å². The second-order valence-electron chi connectivity index (χ2n) is 4.57. The van der Waals surface area contributed by atoms with Crippen LogP contribution in [0.3, 0.4) is 0 Å². The molecular weight excluding hydrogens is 244 g/mol. The topological polar surface area (TPSA) is 33.5 Å². The Labute approximate surface area is 114 Å². The average molecular weight is 267 g/mol. The fourth-order valence-electron chi connectivity index (χ4n) is 1.54. The zero-order valence-corrected chi connectivity index (χ0v) is 12.1. The van der Waals surface area contributed by atoms with Crippen LogP contribution in [0, 0.1) is 0 Å². The van der Waals surface area contributed by atoms with Crippen LogP contribution in [-0.4, -0.2) is 38.8 Å². The second kappa shape index (κ2) is 9.00. The molecule has 0 radical (unpaired) electrons. The van der Waals surface area contributed by atoms with Crippen molar-refractivity contribution in [1.82, 2.24) is 5.32 Å². The Hall–Kier alpha value is -1.00. The van der Waals surface area contributed by atoms with Crippen molar-refractivity contribution in [1.29, 1.82) is 0 Å². The third-order valence-electron chi connectivity index (χ3n) is 2.52. The number of rotatable bonds is 8. The van der Waals surface area contributed by atoms with Gasteiger partial charge in [-0.15, -0.1) is 11.8 Å². The van der Waals surface area contributed by atoms with Crippen LogP contribution < -0.4 is 10.2 Å². The van der Waals surface area contributed by atoms with Gasteiger partial charge in [0.15, 0.2) is 0 Å². The van der Waals surface area contributed by atoms with E-state index in [1.165, 1.54) is 9.80 Å². The molecule has 0 saturated carbocycles. The molecule has 0 aliphatic rings. The number of hydrogen-bond acceptors (Lipinski definition) is 2. The molecule has 1 rings (SSSR count). The minimum absolute atomic E-state index is 0.159. The molecule has 0 aliphatic carbocycles. The third-order valence-corrected chi connectivity index (χ3v) is 3.53. The maximum atomic E-state index is 11.5. The summed E-state index contributed by atoms with van der Waals surface area (Å²) in [6.07, 6.45) is 1.63. The molecule has 0 saturated heterocycles. The van der Waals surface area contributed by atoms with Crippen molar-refractivity contribution in [3.05, 3.63) is 30.3 Å². The van der Waals surface area contributed by atoms with Crippen LogP contribution in [0.1, 0.15) is 12.8 Å². The summed E-state index contributed by atoms with van der Waals surface area (Å²) in [6.45, 7) is 1.89. The van der Waals surface area contributed by atoms with E-state index in [0.717, 1.165) is 25.3 Å². The van der Waals surface area contributed by atoms with Crippen LogP contribution in [0.2, 0.25) is 0 Å². The molecule has 100 valence electrons. The van der Waals surface area contributed by atoms with Gasteiger partial charge in [0.25, 0.3) is 0 Å². The first-order valence-corrected chi connectivity index (χ1v) is 7.40. The smallest absolute Gasteiger partial charge is 0.220 e. The van der Waals surface area contributed by atoms with Crippen molar-refractivity contribution in [2.24, 2.45) is 0 Å². The molecule has 18 heavy (non-hydrogen) atoms. The van der Waals surface area contributed by atoms with Crippen LogP contribution in [0.15, 0.2) is 35.2 Å². The number of carbonyl (C=O) groups is 1. The summed E-state index contributed by atoms with van der Waals surface area (Å²) in [5, 5.41) is 2.96. The normalized spacial score (nSPS) is 10.6. The molecule has 0 unspecified atom stereocenters. The Kier molecular flexibility index (Phi) is 7.53. The van der Waals surface area contributed by atoms with Crippen LogP contribution >= 0.6 is 11.8 Å². The Morgan fingerprint density at radius 3 is 2.67 bits per heavy atom. The van der Waals surface area contributed by atoms with Crippen molar-refractivity contribution < 1.29 is 9.69 Å². The zero-order valence-electron chi connectivity index (χ0n) is 11.2. The lowest BCUT2D eigenvalue weighted by Gasteiger charge is -2.08. The Morgan fingerprint density at radius 2 is 2.00 bits per heavy atom. The molecule has 1 aromatic rings. The molecule has 0 atom stereocenters. The first kappa shape index (κ1) is 15.1. The number of carbonyl (C=O) groups excluding carboxylic acids is 1. The molecule has 1 amide bonds. The zero-order chi connectivity index (χ0) is 13.2. The largest absolute Gasteiger partial charge is 0.356 e. The van der Waals surface area contributed by atoms with Crippen LogP contribution in [-0.2, 0) is 4.79 Å². The molecule has 3 nitrogen and oxygen atoms in total. The lowest BCUT2D eigenvalue weighted by Crippen LogP contribution is -3.05. The van der Waals surface area contributed by atoms with Crippen LogP contribution in [0.25, 0.3) is 0 Å². The summed E-state index contributed by atoms with van der Waals surface area (Å²) in [5.41, 5.74) is 0. The standard InChI is InChI=1S/C14H22N2OS/c1-16(2)11-6-10-15-14(17)9-12-18-13-7-4-3-5-8-13/h3-5,7-8H,6,9-12H2,1-2H3,(H,15,17)/p+1. The fourth-order valence-corrected chi connectivity index (χ4v) is 2.41. The SMILES string of the molecule is C[NH+](C)CCCNC(=O)CCSc1ccccc1. The van der Waals surface area contributed by atoms with Gasteiger partial charge in [-0.05, 0) is 12.1 Å². The Balaban J connectivity index is 2.03. The highest BCUT2D eigenvalue weighted by atomic mass is 32.2. The number of benzene rings is 1. The molecule has 2 N–H and O–H groups in total. The van der Waals surface area contributed by atoms with Crippen molar-refractivity contribution >= 4 is 17.7 Å². The maximum absolute atomic E-state index is 11.5. The number of thioether (sulfide) groups is 1. The third kappa shape index (κ3) is 7.35. The van der Waals surface area contributed by atoms with Gasteiger partial charge in [0.1, 0.15) is 0 Å². The summed E-state index contributed by atoms with van der Waals surface area (Å²) < 4.78 is 0. The van der Waals surface area contributed by atoms with Gasteiger partial charge in [0.05, 0.1) is 20.6 Å².